The van der Waals surface area contributed by atoms with Crippen molar-refractivity contribution in [1.29, 1.82) is 0 Å². The van der Waals surface area contributed by atoms with E-state index in [1.807, 2.05) is 13.8 Å². The number of anilines is 1. The van der Waals surface area contributed by atoms with Crippen molar-refractivity contribution in [3.05, 3.63) is 46.6 Å². The zero-order valence-corrected chi connectivity index (χ0v) is 11.5. The zero-order chi connectivity index (χ0) is 14.0. The van der Waals surface area contributed by atoms with Crippen LogP contribution in [0.1, 0.15) is 22.6 Å². The fraction of sp³-hybridized carbons (Fsp3) is 0.231. The molecule has 1 aromatic carbocycles. The molecule has 1 aromatic heterocycles. The van der Waals surface area contributed by atoms with Crippen molar-refractivity contribution in [3.63, 3.8) is 0 Å². The summed E-state index contributed by atoms with van der Waals surface area (Å²) in [6.45, 7) is 4.12. The number of benzene rings is 1. The Balaban J connectivity index is 2.14. The minimum absolute atomic E-state index is 0.177. The topological polar surface area (TPSA) is 64.1 Å². The Morgan fingerprint density at radius 3 is 2.74 bits per heavy atom. The largest absolute Gasteiger partial charge is 0.389 e. The molecule has 4 nitrogen and oxygen atoms in total. The lowest BCUT2D eigenvalue weighted by atomic mass is 10.1. The number of thiocarbonyl (C=S) groups is 1. The summed E-state index contributed by atoms with van der Waals surface area (Å²) in [5.41, 5.74) is 8.07. The van der Waals surface area contributed by atoms with Gasteiger partial charge < -0.3 is 15.6 Å². The van der Waals surface area contributed by atoms with E-state index in [1.54, 1.807) is 12.1 Å². The lowest BCUT2D eigenvalue weighted by Crippen LogP contribution is -2.10. The van der Waals surface area contributed by atoms with Crippen molar-refractivity contribution in [2.75, 3.05) is 5.32 Å². The van der Waals surface area contributed by atoms with Crippen LogP contribution in [0.3, 0.4) is 0 Å². The van der Waals surface area contributed by atoms with E-state index in [9.17, 15) is 4.39 Å². The van der Waals surface area contributed by atoms with Crippen LogP contribution in [-0.4, -0.2) is 10.1 Å². The Hall–Kier alpha value is -1.95. The maximum absolute atomic E-state index is 13.8. The van der Waals surface area contributed by atoms with E-state index in [0.29, 0.717) is 17.8 Å². The summed E-state index contributed by atoms with van der Waals surface area (Å²) in [7, 11) is 0. The number of rotatable bonds is 4. The molecule has 6 heteroatoms. The van der Waals surface area contributed by atoms with E-state index in [-0.39, 0.29) is 4.99 Å². The molecule has 0 fully saturated rings. The molecule has 0 bridgehead atoms. The van der Waals surface area contributed by atoms with E-state index >= 15 is 0 Å². The standard InChI is InChI=1S/C13H14FN3OS/c1-7-10(8(2)18-17-7)6-16-12-4-3-9(13(15)19)5-11(12)14/h3-5,16H,6H2,1-2H3,(H2,15,19). The number of hydrogen-bond donors (Lipinski definition) is 2. The zero-order valence-electron chi connectivity index (χ0n) is 10.7. The molecule has 0 spiro atoms. The molecular formula is C13H14FN3OS. The van der Waals surface area contributed by atoms with Crippen molar-refractivity contribution in [1.82, 2.24) is 5.16 Å². The maximum atomic E-state index is 13.8. The van der Waals surface area contributed by atoms with Gasteiger partial charge in [0, 0.05) is 17.7 Å². The molecule has 0 saturated heterocycles. The highest BCUT2D eigenvalue weighted by Gasteiger charge is 2.10. The van der Waals surface area contributed by atoms with E-state index < -0.39 is 5.82 Å². The Labute approximate surface area is 115 Å². The van der Waals surface area contributed by atoms with Crippen LogP contribution in [0.25, 0.3) is 0 Å². The number of nitrogens with zero attached hydrogens (tertiary/aromatic N) is 1. The summed E-state index contributed by atoms with van der Waals surface area (Å²) in [5.74, 6) is 0.335. The first kappa shape index (κ1) is 13.5. The van der Waals surface area contributed by atoms with E-state index in [2.05, 4.69) is 10.5 Å². The predicted molar refractivity (Wildman–Crippen MR) is 75.6 cm³/mol. The van der Waals surface area contributed by atoms with Gasteiger partial charge in [0.1, 0.15) is 16.6 Å². The number of halogens is 1. The second-order valence-electron chi connectivity index (χ2n) is 4.22. The van der Waals surface area contributed by atoms with Gasteiger partial charge >= 0.3 is 0 Å². The van der Waals surface area contributed by atoms with Gasteiger partial charge in [-0.15, -0.1) is 0 Å². The molecule has 0 aliphatic rings. The molecule has 2 aromatic rings. The summed E-state index contributed by atoms with van der Waals surface area (Å²) in [4.78, 5) is 0.177. The first-order valence-electron chi connectivity index (χ1n) is 5.74. The lowest BCUT2D eigenvalue weighted by molar-refractivity contribution is 0.392. The SMILES string of the molecule is Cc1noc(C)c1CNc1ccc(C(N)=S)cc1F. The average Bonchev–Trinajstić information content (AvgIpc) is 2.68. The van der Waals surface area contributed by atoms with Gasteiger partial charge in [0.25, 0.3) is 0 Å². The van der Waals surface area contributed by atoms with Gasteiger partial charge in [0.05, 0.1) is 11.4 Å². The van der Waals surface area contributed by atoms with Gasteiger partial charge in [-0.3, -0.25) is 0 Å². The van der Waals surface area contributed by atoms with Crippen molar-refractivity contribution in [2.45, 2.75) is 20.4 Å². The minimum Gasteiger partial charge on any atom is -0.389 e. The fourth-order valence-electron chi connectivity index (χ4n) is 1.75. The number of aromatic nitrogens is 1. The molecule has 1 heterocycles. The van der Waals surface area contributed by atoms with Crippen molar-refractivity contribution in [2.24, 2.45) is 5.73 Å². The first-order valence-corrected chi connectivity index (χ1v) is 6.15. The van der Waals surface area contributed by atoms with Crippen LogP contribution >= 0.6 is 12.2 Å². The minimum atomic E-state index is -0.392. The fourth-order valence-corrected chi connectivity index (χ4v) is 1.88. The molecule has 0 atom stereocenters. The molecule has 0 aliphatic carbocycles. The van der Waals surface area contributed by atoms with Crippen molar-refractivity contribution >= 4 is 22.9 Å². The Bertz CT molecular complexity index is 605. The number of nitrogens with two attached hydrogens (primary N) is 1. The lowest BCUT2D eigenvalue weighted by Gasteiger charge is -2.08. The third-order valence-corrected chi connectivity index (χ3v) is 3.13. The average molecular weight is 279 g/mol. The van der Waals surface area contributed by atoms with Crippen LogP contribution in [0.5, 0.6) is 0 Å². The number of aryl methyl sites for hydroxylation is 2. The molecule has 100 valence electrons. The second-order valence-corrected chi connectivity index (χ2v) is 4.65. The molecule has 19 heavy (non-hydrogen) atoms. The summed E-state index contributed by atoms with van der Waals surface area (Å²) in [6, 6.07) is 4.61. The van der Waals surface area contributed by atoms with Gasteiger partial charge in [-0.1, -0.05) is 17.4 Å². The van der Waals surface area contributed by atoms with Crippen LogP contribution < -0.4 is 11.1 Å². The van der Waals surface area contributed by atoms with Crippen LogP contribution in [-0.2, 0) is 6.54 Å². The van der Waals surface area contributed by atoms with Crippen LogP contribution in [0.15, 0.2) is 22.7 Å². The van der Waals surface area contributed by atoms with Gasteiger partial charge in [-0.25, -0.2) is 4.39 Å². The van der Waals surface area contributed by atoms with Crippen molar-refractivity contribution in [3.8, 4) is 0 Å². The highest BCUT2D eigenvalue weighted by atomic mass is 32.1. The predicted octanol–water partition coefficient (Wildman–Crippen LogP) is 2.68. The Morgan fingerprint density at radius 2 is 2.21 bits per heavy atom. The van der Waals surface area contributed by atoms with Gasteiger partial charge in [0.2, 0.25) is 0 Å². The molecular weight excluding hydrogens is 265 g/mol. The molecule has 2 rings (SSSR count). The normalized spacial score (nSPS) is 10.5. The van der Waals surface area contributed by atoms with Gasteiger partial charge in [0.15, 0.2) is 0 Å². The number of nitrogens with one attached hydrogen (secondary N) is 1. The summed E-state index contributed by atoms with van der Waals surface area (Å²) < 4.78 is 18.9. The summed E-state index contributed by atoms with van der Waals surface area (Å²) in [5, 5.41) is 6.85. The monoisotopic (exact) mass is 279 g/mol. The Kier molecular flexibility index (Phi) is 3.80. The number of hydrogen-bond acceptors (Lipinski definition) is 4. The van der Waals surface area contributed by atoms with E-state index in [4.69, 9.17) is 22.5 Å². The summed E-state index contributed by atoms with van der Waals surface area (Å²) in [6.07, 6.45) is 0. The quantitative estimate of drug-likeness (QED) is 0.842. The maximum Gasteiger partial charge on any atom is 0.146 e. The van der Waals surface area contributed by atoms with E-state index in [0.717, 1.165) is 17.0 Å². The smallest absolute Gasteiger partial charge is 0.146 e. The highest BCUT2D eigenvalue weighted by molar-refractivity contribution is 7.80. The third-order valence-electron chi connectivity index (χ3n) is 2.89. The van der Waals surface area contributed by atoms with Crippen LogP contribution in [0.4, 0.5) is 10.1 Å². The second kappa shape index (κ2) is 5.36. The molecule has 0 unspecified atom stereocenters. The summed E-state index contributed by atoms with van der Waals surface area (Å²) >= 11 is 4.80. The van der Waals surface area contributed by atoms with Gasteiger partial charge in [-0.2, -0.15) is 0 Å². The Morgan fingerprint density at radius 1 is 1.47 bits per heavy atom. The molecule has 0 saturated carbocycles. The highest BCUT2D eigenvalue weighted by Crippen LogP contribution is 2.19. The van der Waals surface area contributed by atoms with Gasteiger partial charge in [-0.05, 0) is 32.0 Å². The molecule has 0 radical (unpaired) electrons. The van der Waals surface area contributed by atoms with Crippen molar-refractivity contribution < 1.29 is 8.91 Å². The third kappa shape index (κ3) is 2.90. The first-order chi connectivity index (χ1) is 8.99. The molecule has 3 N–H and O–H groups in total. The molecule has 0 aliphatic heterocycles. The van der Waals surface area contributed by atoms with E-state index in [1.165, 1.54) is 6.07 Å². The molecule has 0 amide bonds. The van der Waals surface area contributed by atoms with Crippen LogP contribution in [0.2, 0.25) is 0 Å². The van der Waals surface area contributed by atoms with Crippen LogP contribution in [0, 0.1) is 19.7 Å².